The minimum absolute atomic E-state index is 0.0923. The maximum absolute atomic E-state index is 12.2. The first-order chi connectivity index (χ1) is 8.59. The Kier molecular flexibility index (Phi) is 4.52. The highest BCUT2D eigenvalue weighted by Crippen LogP contribution is 2.35. The fourth-order valence-electron chi connectivity index (χ4n) is 3.25. The highest BCUT2D eigenvalue weighted by atomic mass is 16.6. The highest BCUT2D eigenvalue weighted by Gasteiger charge is 2.35. The molecular weight excluding hydrogens is 226 g/mol. The third-order valence-corrected chi connectivity index (χ3v) is 4.55. The van der Waals surface area contributed by atoms with Gasteiger partial charge in [0.05, 0.1) is 0 Å². The Labute approximate surface area is 111 Å². The van der Waals surface area contributed by atoms with E-state index in [0.29, 0.717) is 5.92 Å². The van der Waals surface area contributed by atoms with Crippen LogP contribution in [-0.4, -0.2) is 29.7 Å². The number of likely N-dealkylation sites (tertiary alicyclic amines) is 1. The monoisotopic (exact) mass is 253 g/mol. The van der Waals surface area contributed by atoms with Crippen molar-refractivity contribution < 1.29 is 9.53 Å². The van der Waals surface area contributed by atoms with Gasteiger partial charge in [-0.15, -0.1) is 0 Å². The van der Waals surface area contributed by atoms with E-state index in [4.69, 9.17) is 4.74 Å². The summed E-state index contributed by atoms with van der Waals surface area (Å²) < 4.78 is 5.80. The Morgan fingerprint density at radius 1 is 1.00 bits per heavy atom. The van der Waals surface area contributed by atoms with E-state index < -0.39 is 0 Å². The number of amides is 1. The van der Waals surface area contributed by atoms with Gasteiger partial charge in [0, 0.05) is 13.1 Å². The van der Waals surface area contributed by atoms with Crippen molar-refractivity contribution in [3.8, 4) is 0 Å². The van der Waals surface area contributed by atoms with Crippen molar-refractivity contribution in [2.45, 2.75) is 70.8 Å². The first kappa shape index (κ1) is 13.7. The van der Waals surface area contributed by atoms with E-state index in [-0.39, 0.29) is 11.7 Å². The predicted molar refractivity (Wildman–Crippen MR) is 72.6 cm³/mol. The van der Waals surface area contributed by atoms with E-state index in [1.54, 1.807) is 0 Å². The standard InChI is InChI=1S/C15H27NO2/c1-15(2,13-9-5-3-6-10-13)18-14(17)16-11-7-4-8-12-16/h13H,3-12H2,1-2H3. The zero-order chi connectivity index (χ0) is 13.0. The maximum Gasteiger partial charge on any atom is 0.410 e. The number of hydrogen-bond acceptors (Lipinski definition) is 2. The van der Waals surface area contributed by atoms with E-state index in [1.807, 2.05) is 4.90 Å². The number of piperidine rings is 1. The van der Waals surface area contributed by atoms with Crippen LogP contribution in [0.15, 0.2) is 0 Å². The highest BCUT2D eigenvalue weighted by molar-refractivity contribution is 5.68. The van der Waals surface area contributed by atoms with Crippen LogP contribution in [-0.2, 0) is 4.74 Å². The Balaban J connectivity index is 1.87. The summed E-state index contributed by atoms with van der Waals surface area (Å²) in [5.41, 5.74) is -0.297. The molecule has 1 saturated heterocycles. The van der Waals surface area contributed by atoms with Crippen molar-refractivity contribution in [1.82, 2.24) is 4.90 Å². The van der Waals surface area contributed by atoms with Gasteiger partial charge in [0.2, 0.25) is 0 Å². The van der Waals surface area contributed by atoms with Gasteiger partial charge in [-0.2, -0.15) is 0 Å². The van der Waals surface area contributed by atoms with Crippen LogP contribution in [0.3, 0.4) is 0 Å². The summed E-state index contributed by atoms with van der Waals surface area (Å²) in [6.45, 7) is 5.93. The minimum Gasteiger partial charge on any atom is -0.443 e. The smallest absolute Gasteiger partial charge is 0.410 e. The molecule has 104 valence electrons. The molecule has 1 aliphatic carbocycles. The summed E-state index contributed by atoms with van der Waals surface area (Å²) in [4.78, 5) is 14.0. The number of rotatable bonds is 2. The first-order valence-corrected chi connectivity index (χ1v) is 7.57. The molecule has 1 saturated carbocycles. The van der Waals surface area contributed by atoms with Crippen LogP contribution in [0.1, 0.15) is 65.2 Å². The van der Waals surface area contributed by atoms with Gasteiger partial charge in [-0.25, -0.2) is 4.79 Å². The van der Waals surface area contributed by atoms with E-state index in [1.165, 1.54) is 38.5 Å². The van der Waals surface area contributed by atoms with Gasteiger partial charge >= 0.3 is 6.09 Å². The molecule has 0 radical (unpaired) electrons. The molecule has 1 heterocycles. The van der Waals surface area contributed by atoms with Gasteiger partial charge in [-0.3, -0.25) is 0 Å². The second-order valence-electron chi connectivity index (χ2n) is 6.35. The minimum atomic E-state index is -0.297. The van der Waals surface area contributed by atoms with Crippen molar-refractivity contribution in [3.63, 3.8) is 0 Å². The molecule has 0 bridgehead atoms. The lowest BCUT2D eigenvalue weighted by atomic mass is 9.79. The van der Waals surface area contributed by atoms with Crippen molar-refractivity contribution in [3.05, 3.63) is 0 Å². The average Bonchev–Trinajstić information content (AvgIpc) is 2.40. The molecule has 0 N–H and O–H groups in total. The predicted octanol–water partition coefficient (Wildman–Crippen LogP) is 3.97. The molecule has 1 aliphatic heterocycles. The number of hydrogen-bond donors (Lipinski definition) is 0. The maximum atomic E-state index is 12.2. The summed E-state index contributed by atoms with van der Waals surface area (Å²) in [5, 5.41) is 0. The van der Waals surface area contributed by atoms with Crippen LogP contribution < -0.4 is 0 Å². The molecule has 2 rings (SSSR count). The van der Waals surface area contributed by atoms with Gasteiger partial charge in [0.1, 0.15) is 5.60 Å². The fraction of sp³-hybridized carbons (Fsp3) is 0.933. The largest absolute Gasteiger partial charge is 0.443 e. The first-order valence-electron chi connectivity index (χ1n) is 7.57. The zero-order valence-electron chi connectivity index (χ0n) is 11.9. The molecule has 2 aliphatic rings. The van der Waals surface area contributed by atoms with Crippen LogP contribution in [0, 0.1) is 5.92 Å². The lowest BCUT2D eigenvalue weighted by Crippen LogP contribution is -2.44. The van der Waals surface area contributed by atoms with Gasteiger partial charge in [0.15, 0.2) is 0 Å². The number of carbonyl (C=O) groups is 1. The normalized spacial score (nSPS) is 22.9. The van der Waals surface area contributed by atoms with Crippen LogP contribution >= 0.6 is 0 Å². The van der Waals surface area contributed by atoms with E-state index in [9.17, 15) is 4.79 Å². The lowest BCUT2D eigenvalue weighted by molar-refractivity contribution is -0.0364. The zero-order valence-corrected chi connectivity index (χ0v) is 11.9. The van der Waals surface area contributed by atoms with Gasteiger partial charge in [-0.05, 0) is 51.9 Å². The lowest BCUT2D eigenvalue weighted by Gasteiger charge is -2.38. The van der Waals surface area contributed by atoms with Gasteiger partial charge < -0.3 is 9.64 Å². The second kappa shape index (κ2) is 5.94. The van der Waals surface area contributed by atoms with Gasteiger partial charge in [0.25, 0.3) is 0 Å². The number of ether oxygens (including phenoxy) is 1. The summed E-state index contributed by atoms with van der Waals surface area (Å²) in [7, 11) is 0. The fourth-order valence-corrected chi connectivity index (χ4v) is 3.25. The molecule has 1 amide bonds. The van der Waals surface area contributed by atoms with E-state index >= 15 is 0 Å². The Hall–Kier alpha value is -0.730. The molecule has 0 aromatic carbocycles. The summed E-state index contributed by atoms with van der Waals surface area (Å²) in [5.74, 6) is 0.542. The van der Waals surface area contributed by atoms with Crippen molar-refractivity contribution in [1.29, 1.82) is 0 Å². The van der Waals surface area contributed by atoms with Crippen LogP contribution in [0.5, 0.6) is 0 Å². The molecule has 2 fully saturated rings. The summed E-state index contributed by atoms with van der Waals surface area (Å²) in [6, 6.07) is 0. The van der Waals surface area contributed by atoms with Gasteiger partial charge in [-0.1, -0.05) is 19.3 Å². The van der Waals surface area contributed by atoms with E-state index in [2.05, 4.69) is 13.8 Å². The molecular formula is C15H27NO2. The van der Waals surface area contributed by atoms with E-state index in [0.717, 1.165) is 25.9 Å². The average molecular weight is 253 g/mol. The summed E-state index contributed by atoms with van der Waals surface area (Å²) in [6.07, 6.45) is 9.73. The Morgan fingerprint density at radius 2 is 1.56 bits per heavy atom. The molecule has 0 atom stereocenters. The molecule has 18 heavy (non-hydrogen) atoms. The molecule has 0 aromatic rings. The summed E-state index contributed by atoms with van der Waals surface area (Å²) >= 11 is 0. The quantitative estimate of drug-likeness (QED) is 0.745. The third-order valence-electron chi connectivity index (χ3n) is 4.55. The van der Waals surface area contributed by atoms with Crippen LogP contribution in [0.25, 0.3) is 0 Å². The SMILES string of the molecule is CC(C)(OC(=O)N1CCCCC1)C1CCCCC1. The topological polar surface area (TPSA) is 29.5 Å². The Morgan fingerprint density at radius 3 is 2.17 bits per heavy atom. The number of carbonyl (C=O) groups excluding carboxylic acids is 1. The van der Waals surface area contributed by atoms with Crippen LogP contribution in [0.4, 0.5) is 4.79 Å². The molecule has 0 spiro atoms. The van der Waals surface area contributed by atoms with Crippen molar-refractivity contribution in [2.75, 3.05) is 13.1 Å². The van der Waals surface area contributed by atoms with Crippen molar-refractivity contribution in [2.24, 2.45) is 5.92 Å². The number of nitrogens with zero attached hydrogens (tertiary/aromatic N) is 1. The van der Waals surface area contributed by atoms with Crippen molar-refractivity contribution >= 4 is 6.09 Å². The molecule has 3 nitrogen and oxygen atoms in total. The third kappa shape index (κ3) is 3.39. The molecule has 3 heteroatoms. The molecule has 0 aromatic heterocycles. The molecule has 0 unspecified atom stereocenters. The van der Waals surface area contributed by atoms with Crippen LogP contribution in [0.2, 0.25) is 0 Å². The second-order valence-corrected chi connectivity index (χ2v) is 6.35. The Bertz CT molecular complexity index is 276.